The molecule has 5 N–H and O–H groups in total. The summed E-state index contributed by atoms with van der Waals surface area (Å²) in [4.78, 5) is 77.1. The number of alkyl halides is 2. The van der Waals surface area contributed by atoms with E-state index < -0.39 is 30.0 Å². The summed E-state index contributed by atoms with van der Waals surface area (Å²) in [5.41, 5.74) is 8.70. The van der Waals surface area contributed by atoms with Crippen LogP contribution in [-0.4, -0.2) is 134 Å². The Morgan fingerprint density at radius 1 is 0.904 bits per heavy atom. The van der Waals surface area contributed by atoms with E-state index in [9.17, 15) is 29.1 Å². The number of halogens is 2. The van der Waals surface area contributed by atoms with Crippen LogP contribution >= 0.6 is 11.3 Å². The van der Waals surface area contributed by atoms with E-state index in [1.54, 1.807) is 46.4 Å². The number of aliphatic hydroxyl groups excluding tert-OH is 1. The van der Waals surface area contributed by atoms with Gasteiger partial charge in [0.2, 0.25) is 23.6 Å². The van der Waals surface area contributed by atoms with E-state index in [2.05, 4.69) is 40.9 Å². The molecule has 7 heterocycles. The number of thiazole rings is 1. The number of unbranched alkanes of at least 4 members (excludes halogenated alkanes) is 6. The molecule has 6 amide bonds. The van der Waals surface area contributed by atoms with Gasteiger partial charge in [-0.05, 0) is 85.3 Å². The van der Waals surface area contributed by atoms with Gasteiger partial charge in [-0.1, -0.05) is 77.1 Å². The predicted molar refractivity (Wildman–Crippen MR) is 314 cm³/mol. The van der Waals surface area contributed by atoms with Gasteiger partial charge < -0.3 is 45.8 Å². The summed E-state index contributed by atoms with van der Waals surface area (Å²) in [5, 5.41) is 31.9. The number of β-amino-alcohol motifs (C(OH)–C–C–N with tert-alkyl or cyclic N) is 1. The van der Waals surface area contributed by atoms with Crippen molar-refractivity contribution in [3.8, 4) is 21.6 Å². The van der Waals surface area contributed by atoms with Gasteiger partial charge in [-0.2, -0.15) is 10.2 Å². The van der Waals surface area contributed by atoms with Crippen molar-refractivity contribution in [3.63, 3.8) is 0 Å². The molecule has 3 atom stereocenters. The second kappa shape index (κ2) is 27.7. The van der Waals surface area contributed by atoms with Crippen LogP contribution in [0.4, 0.5) is 25.1 Å². The minimum atomic E-state index is -2.75. The summed E-state index contributed by atoms with van der Waals surface area (Å²) in [6.07, 6.45) is 10.3. The summed E-state index contributed by atoms with van der Waals surface area (Å²) in [6.45, 7) is 11.4. The molecule has 5 aromatic rings. The smallest absolute Gasteiger partial charge is 0.317 e. The lowest BCUT2D eigenvalue weighted by molar-refractivity contribution is -0.144. The van der Waals surface area contributed by atoms with Gasteiger partial charge in [-0.3, -0.25) is 28.5 Å². The first-order chi connectivity index (χ1) is 40.0. The molecule has 0 saturated carbocycles. The third-order valence-electron chi connectivity index (χ3n) is 16.6. The summed E-state index contributed by atoms with van der Waals surface area (Å²) >= 11 is 1.57. The topological polar surface area (TPSA) is 221 Å². The second-order valence-corrected chi connectivity index (χ2v) is 24.5. The normalized spacial score (nSPS) is 17.8. The second-order valence-electron chi connectivity index (χ2n) is 23.6. The number of nitrogens with zero attached hydrogens (tertiary/aromatic N) is 8. The number of aromatic nitrogens is 5. The molecule has 9 rings (SSSR count). The Hall–Kier alpha value is -6.78. The maximum atomic E-state index is 15.1. The highest BCUT2D eigenvalue weighted by atomic mass is 32.1. The summed E-state index contributed by atoms with van der Waals surface area (Å²) in [5.74, 6) is -0.317. The van der Waals surface area contributed by atoms with Crippen LogP contribution in [0.3, 0.4) is 0 Å². The van der Waals surface area contributed by atoms with Crippen molar-refractivity contribution in [1.29, 1.82) is 0 Å². The number of carbonyl (C=O) groups is 5. The van der Waals surface area contributed by atoms with Crippen LogP contribution in [-0.2, 0) is 56.4 Å². The standard InChI is InChI=1S/C61H82F2N12O7S/c1-39-54(83-38-67-39)41-19-17-40(18-20-41)33-66-58(79)51-31-45(76)36-74(51)59(80)55(61(2,3)4)69-53(78)16-12-10-8-6-7-9-11-15-52(77)65-24-27-72-35-43(34-68-72)46-30-42-14-13-25-73(50(42)32-47(46)56(62)63)57-48-37-71(60(81)64-5)26-21-49(48)75(70-57)44-22-28-82-29-23-44/h17-20,30,32,34-35,38,44-45,51,55-56,76H,6-16,21-29,31,33,36-37H2,1-5H3,(H,64,81)(H,65,77)(H,66,79)(H,69,78)/t45-,51+,55-/m1/s1. The fraction of sp³-hybridized carbons (Fsp3) is 0.574. The lowest BCUT2D eigenvalue weighted by Gasteiger charge is -2.35. The number of rotatable bonds is 23. The molecule has 0 unspecified atom stereocenters. The molecule has 4 aliphatic heterocycles. The molecule has 0 radical (unpaired) electrons. The summed E-state index contributed by atoms with van der Waals surface area (Å²) in [6, 6.07) is 9.63. The van der Waals surface area contributed by atoms with E-state index in [-0.39, 0.29) is 67.2 Å². The quantitative estimate of drug-likeness (QED) is 0.0390. The van der Waals surface area contributed by atoms with E-state index in [0.29, 0.717) is 88.4 Å². The molecule has 2 fully saturated rings. The van der Waals surface area contributed by atoms with Crippen LogP contribution in [0.5, 0.6) is 0 Å². The van der Waals surface area contributed by atoms with Crippen molar-refractivity contribution in [2.45, 2.75) is 174 Å². The lowest BCUT2D eigenvalue weighted by Crippen LogP contribution is -2.57. The SMILES string of the molecule is CNC(=O)N1CCc2c(c(N3CCCc4cc(-c5cnn(CCNC(=O)CCCCCCCCCC(=O)N[C@H](C(=O)N6C[C@H](O)C[C@H]6C(=O)NCc6ccc(-c7scnc7C)cc6)C(C)(C)C)c5)c(C(F)F)cc43)nn2C2CCOCC2)C1. The van der Waals surface area contributed by atoms with Gasteiger partial charge >= 0.3 is 6.03 Å². The van der Waals surface area contributed by atoms with Gasteiger partial charge in [0.15, 0.2) is 5.82 Å². The largest absolute Gasteiger partial charge is 0.391 e. The molecule has 2 aromatic carbocycles. The van der Waals surface area contributed by atoms with Crippen molar-refractivity contribution in [2.75, 3.05) is 51.3 Å². The third kappa shape index (κ3) is 15.0. The maximum absolute atomic E-state index is 15.1. The number of benzene rings is 2. The van der Waals surface area contributed by atoms with Crippen molar-refractivity contribution in [2.24, 2.45) is 5.41 Å². The molecule has 0 bridgehead atoms. The Bertz CT molecular complexity index is 3060. The van der Waals surface area contributed by atoms with Gasteiger partial charge in [-0.15, -0.1) is 11.3 Å². The van der Waals surface area contributed by atoms with E-state index in [1.165, 1.54) is 4.90 Å². The first-order valence-corrected chi connectivity index (χ1v) is 30.6. The Balaban J connectivity index is 0.679. The van der Waals surface area contributed by atoms with Gasteiger partial charge in [0, 0.05) is 113 Å². The molecule has 3 aromatic heterocycles. The number of nitrogens with one attached hydrogen (secondary N) is 4. The highest BCUT2D eigenvalue weighted by molar-refractivity contribution is 7.13. The number of anilines is 2. The first kappa shape index (κ1) is 60.8. The molecule has 22 heteroatoms. The zero-order chi connectivity index (χ0) is 58.8. The Morgan fingerprint density at radius 2 is 1.63 bits per heavy atom. The monoisotopic (exact) mass is 1160 g/mol. The lowest BCUT2D eigenvalue weighted by atomic mass is 9.85. The Kier molecular flexibility index (Phi) is 20.3. The summed E-state index contributed by atoms with van der Waals surface area (Å²) < 4.78 is 39.6. The van der Waals surface area contributed by atoms with Crippen LogP contribution in [0.2, 0.25) is 0 Å². The number of hydrogen-bond donors (Lipinski definition) is 5. The summed E-state index contributed by atoms with van der Waals surface area (Å²) in [7, 11) is 1.62. The average molecular weight is 1170 g/mol. The molecule has 83 heavy (non-hydrogen) atoms. The molecule has 0 aliphatic carbocycles. The average Bonchev–Trinajstić information content (AvgIpc) is 3.75. The molecule has 2 saturated heterocycles. The number of likely N-dealkylation sites (tertiary alicyclic amines) is 1. The number of hydrogen-bond acceptors (Lipinski definition) is 12. The van der Waals surface area contributed by atoms with Gasteiger partial charge in [0.1, 0.15) is 12.1 Å². The van der Waals surface area contributed by atoms with Crippen molar-refractivity contribution >= 4 is 52.5 Å². The van der Waals surface area contributed by atoms with Crippen LogP contribution in [0.25, 0.3) is 21.6 Å². The van der Waals surface area contributed by atoms with Crippen molar-refractivity contribution in [3.05, 3.63) is 87.9 Å². The van der Waals surface area contributed by atoms with E-state index in [0.717, 1.165) is 102 Å². The van der Waals surface area contributed by atoms with Gasteiger partial charge in [0.05, 0.1) is 47.5 Å². The molecule has 4 aliphatic rings. The maximum Gasteiger partial charge on any atom is 0.317 e. The third-order valence-corrected chi connectivity index (χ3v) is 17.6. The number of aliphatic hydroxyl groups is 1. The Labute approximate surface area is 489 Å². The molecule has 19 nitrogen and oxygen atoms in total. The van der Waals surface area contributed by atoms with Crippen LogP contribution in [0, 0.1) is 12.3 Å². The minimum Gasteiger partial charge on any atom is -0.391 e. The number of carbonyl (C=O) groups excluding carboxylic acids is 5. The zero-order valence-corrected chi connectivity index (χ0v) is 49.5. The number of fused-ring (bicyclic) bond motifs is 2. The fourth-order valence-electron chi connectivity index (χ4n) is 12.0. The van der Waals surface area contributed by atoms with Crippen LogP contribution in [0.15, 0.2) is 54.3 Å². The predicted octanol–water partition coefficient (Wildman–Crippen LogP) is 8.69. The van der Waals surface area contributed by atoms with Crippen molar-refractivity contribution in [1.82, 2.24) is 55.6 Å². The molecular weight excluding hydrogens is 1080 g/mol. The van der Waals surface area contributed by atoms with Gasteiger partial charge in [-0.25, -0.2) is 18.6 Å². The highest BCUT2D eigenvalue weighted by Crippen LogP contribution is 2.44. The Morgan fingerprint density at radius 3 is 2.31 bits per heavy atom. The number of ether oxygens (including phenoxy) is 1. The minimum absolute atomic E-state index is 0.00738. The van der Waals surface area contributed by atoms with Gasteiger partial charge in [0.25, 0.3) is 6.43 Å². The van der Waals surface area contributed by atoms with E-state index in [1.807, 2.05) is 63.5 Å². The molecular formula is C61H82F2N12O7S. The first-order valence-electron chi connectivity index (χ1n) is 29.7. The number of urea groups is 1. The number of amides is 6. The van der Waals surface area contributed by atoms with E-state index >= 15 is 8.78 Å². The molecule has 0 spiro atoms. The zero-order valence-electron chi connectivity index (χ0n) is 48.7. The van der Waals surface area contributed by atoms with Crippen LogP contribution in [0.1, 0.15) is 150 Å². The molecule has 448 valence electrons. The van der Waals surface area contributed by atoms with Crippen LogP contribution < -0.4 is 26.2 Å². The van der Waals surface area contributed by atoms with E-state index in [4.69, 9.17) is 9.84 Å². The fourth-order valence-corrected chi connectivity index (χ4v) is 12.8. The van der Waals surface area contributed by atoms with Crippen molar-refractivity contribution < 1.29 is 42.6 Å². The highest BCUT2D eigenvalue weighted by Gasteiger charge is 2.44. The number of aryl methyl sites for hydroxylation is 2.